The van der Waals surface area contributed by atoms with Crippen LogP contribution in [0.15, 0.2) is 12.4 Å². The molecule has 0 unspecified atom stereocenters. The summed E-state index contributed by atoms with van der Waals surface area (Å²) >= 11 is 0. The van der Waals surface area contributed by atoms with E-state index in [0.717, 1.165) is 26.2 Å². The normalized spacial score (nSPS) is 16.3. The first-order chi connectivity index (χ1) is 6.26. The Kier molecular flexibility index (Phi) is 4.09. The van der Waals surface area contributed by atoms with Gasteiger partial charge in [-0.05, 0) is 13.1 Å². The highest BCUT2D eigenvalue weighted by Gasteiger charge is 2.09. The zero-order chi connectivity index (χ0) is 9.68. The molecule has 75 valence electrons. The molecule has 0 N–H and O–H groups in total. The second-order valence-corrected chi connectivity index (χ2v) is 3.34. The minimum Gasteiger partial charge on any atom is -0.356 e. The van der Waals surface area contributed by atoms with Crippen molar-refractivity contribution in [3.05, 3.63) is 19.1 Å². The lowest BCUT2D eigenvalue weighted by molar-refractivity contribution is 0.263. The van der Waals surface area contributed by atoms with Crippen LogP contribution in [-0.2, 0) is 0 Å². The molecule has 0 bridgehead atoms. The molecule has 1 aliphatic heterocycles. The number of likely N-dealkylation sites (N-methyl/N-ethyl adjacent to an activating group) is 1. The van der Waals surface area contributed by atoms with Crippen molar-refractivity contribution < 1.29 is 0 Å². The second kappa shape index (κ2) is 5.12. The van der Waals surface area contributed by atoms with E-state index in [1.807, 2.05) is 7.05 Å². The van der Waals surface area contributed by atoms with Gasteiger partial charge < -0.3 is 14.7 Å². The first-order valence-electron chi connectivity index (χ1n) is 4.99. The Morgan fingerprint density at radius 3 is 2.31 bits per heavy atom. The minimum atomic E-state index is 1.09. The third kappa shape index (κ3) is 3.27. The van der Waals surface area contributed by atoms with Gasteiger partial charge in [0.25, 0.3) is 0 Å². The largest absolute Gasteiger partial charge is 0.356 e. The molecule has 1 heterocycles. The minimum absolute atomic E-state index is 1.09. The van der Waals surface area contributed by atoms with E-state index < -0.39 is 0 Å². The van der Waals surface area contributed by atoms with Crippen molar-refractivity contribution in [1.29, 1.82) is 0 Å². The van der Waals surface area contributed by atoms with Crippen LogP contribution in [0.3, 0.4) is 0 Å². The van der Waals surface area contributed by atoms with E-state index in [1.54, 1.807) is 0 Å². The van der Waals surface area contributed by atoms with Gasteiger partial charge in [0.05, 0.1) is 0 Å². The molecule has 0 spiro atoms. The summed E-state index contributed by atoms with van der Waals surface area (Å²) < 4.78 is 0. The van der Waals surface area contributed by atoms with Crippen LogP contribution in [0.5, 0.6) is 0 Å². The molecule has 0 aromatic heterocycles. The van der Waals surface area contributed by atoms with E-state index in [1.165, 1.54) is 0 Å². The lowest BCUT2D eigenvalue weighted by Crippen LogP contribution is -2.31. The quantitative estimate of drug-likeness (QED) is 0.632. The lowest BCUT2D eigenvalue weighted by atomic mass is 10.4. The molecule has 1 aliphatic rings. The molecule has 3 heteroatoms. The maximum absolute atomic E-state index is 2.43. The molecule has 0 fully saturated rings. The average molecular weight is 182 g/mol. The van der Waals surface area contributed by atoms with Gasteiger partial charge in [-0.15, -0.1) is 0 Å². The standard InChI is InChI=1S/C10H20N3/c1-4-12(5-2)8-9-13-7-6-11(3)10-13/h6-7,10H,4-5,8-9H2,1-3H3. The summed E-state index contributed by atoms with van der Waals surface area (Å²) in [6.07, 6.45) is 4.19. The summed E-state index contributed by atoms with van der Waals surface area (Å²) in [5.41, 5.74) is 0. The smallest absolute Gasteiger partial charge is 0.141 e. The van der Waals surface area contributed by atoms with Crippen LogP contribution in [0.2, 0.25) is 0 Å². The van der Waals surface area contributed by atoms with Gasteiger partial charge in [0.15, 0.2) is 0 Å². The molecular formula is C10H20N3. The lowest BCUT2D eigenvalue weighted by Gasteiger charge is -2.22. The Labute approximate surface area is 81.6 Å². The highest BCUT2D eigenvalue weighted by molar-refractivity contribution is 4.95. The summed E-state index contributed by atoms with van der Waals surface area (Å²) in [5, 5.41) is 0. The fourth-order valence-electron chi connectivity index (χ4n) is 1.43. The zero-order valence-corrected chi connectivity index (χ0v) is 8.90. The highest BCUT2D eigenvalue weighted by Crippen LogP contribution is 2.07. The van der Waals surface area contributed by atoms with Gasteiger partial charge >= 0.3 is 0 Å². The fourth-order valence-corrected chi connectivity index (χ4v) is 1.43. The van der Waals surface area contributed by atoms with Crippen molar-refractivity contribution >= 4 is 0 Å². The molecular weight excluding hydrogens is 162 g/mol. The van der Waals surface area contributed by atoms with Crippen LogP contribution in [-0.4, -0.2) is 47.9 Å². The third-order valence-electron chi connectivity index (χ3n) is 2.39. The van der Waals surface area contributed by atoms with Crippen LogP contribution in [0.25, 0.3) is 0 Å². The zero-order valence-electron chi connectivity index (χ0n) is 8.90. The van der Waals surface area contributed by atoms with Crippen molar-refractivity contribution in [3.63, 3.8) is 0 Å². The van der Waals surface area contributed by atoms with E-state index in [4.69, 9.17) is 0 Å². The van der Waals surface area contributed by atoms with Gasteiger partial charge in [0.1, 0.15) is 6.67 Å². The number of hydrogen-bond acceptors (Lipinski definition) is 3. The first kappa shape index (κ1) is 10.4. The molecule has 0 aromatic carbocycles. The average Bonchev–Trinajstić information content (AvgIpc) is 2.53. The van der Waals surface area contributed by atoms with Crippen molar-refractivity contribution in [2.24, 2.45) is 0 Å². The van der Waals surface area contributed by atoms with Crippen molar-refractivity contribution in [3.8, 4) is 0 Å². The molecule has 1 rings (SSSR count). The molecule has 0 aromatic rings. The topological polar surface area (TPSA) is 9.72 Å². The van der Waals surface area contributed by atoms with Gasteiger partial charge in [-0.1, -0.05) is 13.8 Å². The van der Waals surface area contributed by atoms with Gasteiger partial charge in [0, 0.05) is 32.5 Å². The van der Waals surface area contributed by atoms with E-state index in [9.17, 15) is 0 Å². The Morgan fingerprint density at radius 1 is 1.15 bits per heavy atom. The Bertz CT molecular complexity index is 164. The molecule has 0 saturated heterocycles. The van der Waals surface area contributed by atoms with Crippen LogP contribution >= 0.6 is 0 Å². The summed E-state index contributed by atoms with van der Waals surface area (Å²) in [6.45, 7) is 11.0. The van der Waals surface area contributed by atoms with E-state index >= 15 is 0 Å². The van der Waals surface area contributed by atoms with Crippen molar-refractivity contribution in [2.75, 3.05) is 33.2 Å². The Balaban J connectivity index is 2.15. The van der Waals surface area contributed by atoms with Gasteiger partial charge in [-0.2, -0.15) is 0 Å². The van der Waals surface area contributed by atoms with E-state index in [2.05, 4.69) is 47.6 Å². The Hall–Kier alpha value is -0.700. The Morgan fingerprint density at radius 2 is 1.85 bits per heavy atom. The monoisotopic (exact) mass is 182 g/mol. The fraction of sp³-hybridized carbons (Fsp3) is 0.700. The van der Waals surface area contributed by atoms with Crippen LogP contribution in [0.4, 0.5) is 0 Å². The number of nitrogens with zero attached hydrogens (tertiary/aromatic N) is 3. The van der Waals surface area contributed by atoms with E-state index in [-0.39, 0.29) is 0 Å². The molecule has 13 heavy (non-hydrogen) atoms. The molecule has 0 atom stereocenters. The van der Waals surface area contributed by atoms with Crippen LogP contribution < -0.4 is 0 Å². The van der Waals surface area contributed by atoms with Crippen molar-refractivity contribution in [1.82, 2.24) is 14.7 Å². The highest BCUT2D eigenvalue weighted by atomic mass is 15.3. The SMILES string of the molecule is CCN(CC)CCN1[CH]N(C)C=C1. The maximum atomic E-state index is 2.43. The van der Waals surface area contributed by atoms with Gasteiger partial charge in [-0.3, -0.25) is 0 Å². The summed E-state index contributed by atoms with van der Waals surface area (Å²) in [7, 11) is 2.05. The van der Waals surface area contributed by atoms with Gasteiger partial charge in [-0.25, -0.2) is 0 Å². The molecule has 0 aliphatic carbocycles. The van der Waals surface area contributed by atoms with Crippen molar-refractivity contribution in [2.45, 2.75) is 13.8 Å². The van der Waals surface area contributed by atoms with Crippen LogP contribution in [0, 0.1) is 6.67 Å². The third-order valence-corrected chi connectivity index (χ3v) is 2.39. The summed E-state index contributed by atoms with van der Waals surface area (Å²) in [6, 6.07) is 0. The number of hydrogen-bond donors (Lipinski definition) is 0. The predicted octanol–water partition coefficient (Wildman–Crippen LogP) is 1.17. The number of rotatable bonds is 5. The van der Waals surface area contributed by atoms with E-state index in [0.29, 0.717) is 0 Å². The molecule has 0 amide bonds. The predicted molar refractivity (Wildman–Crippen MR) is 55.7 cm³/mol. The van der Waals surface area contributed by atoms with Gasteiger partial charge in [0.2, 0.25) is 0 Å². The molecule has 0 saturated carbocycles. The molecule has 1 radical (unpaired) electrons. The summed E-state index contributed by atoms with van der Waals surface area (Å²) in [4.78, 5) is 6.72. The second-order valence-electron chi connectivity index (χ2n) is 3.34. The molecule has 3 nitrogen and oxygen atoms in total. The first-order valence-corrected chi connectivity index (χ1v) is 4.99. The summed E-state index contributed by atoms with van der Waals surface area (Å²) in [5.74, 6) is 0. The van der Waals surface area contributed by atoms with Crippen LogP contribution in [0.1, 0.15) is 13.8 Å². The maximum Gasteiger partial charge on any atom is 0.141 e.